The third-order valence-electron chi connectivity index (χ3n) is 0.322. The molecule has 0 bridgehead atoms. The summed E-state index contributed by atoms with van der Waals surface area (Å²) < 4.78 is 0. The van der Waals surface area contributed by atoms with E-state index in [0.29, 0.717) is 0 Å². The van der Waals surface area contributed by atoms with Crippen LogP contribution in [0.5, 0.6) is 0 Å². The first-order chi connectivity index (χ1) is 2.41. The molecule has 0 rings (SSSR count). The highest BCUT2D eigenvalue weighted by atomic mass is 35.5. The van der Waals surface area contributed by atoms with E-state index in [1.807, 2.05) is 0 Å². The van der Waals surface area contributed by atoms with Crippen LogP contribution in [-0.2, 0) is 0 Å². The van der Waals surface area contributed by atoms with Gasteiger partial charge in [0.2, 0.25) is 0 Å². The largest absolute Gasteiger partial charge is 0.278 e. The molecule has 1 nitrogen and oxygen atoms in total. The molecule has 0 aliphatic carbocycles. The Balaban J connectivity index is 0. The molecule has 2 N–H and O–H groups in total. The van der Waals surface area contributed by atoms with Gasteiger partial charge in [-0.15, -0.1) is 12.4 Å². The Bertz CT molecular complexity index is 18.3. The van der Waals surface area contributed by atoms with Crippen molar-refractivity contribution < 1.29 is 0 Å². The van der Waals surface area contributed by atoms with Gasteiger partial charge in [-0.05, 0) is 6.42 Å². The second kappa shape index (κ2) is 9.14. The molecule has 0 aliphatic rings. The van der Waals surface area contributed by atoms with Gasteiger partial charge in [0, 0.05) is 5.75 Å². The lowest BCUT2D eigenvalue weighted by Crippen LogP contribution is -1.79. The lowest BCUT2D eigenvalue weighted by molar-refractivity contribution is 1.11. The molecule has 0 aromatic rings. The summed E-state index contributed by atoms with van der Waals surface area (Å²) in [6, 6.07) is 0. The van der Waals surface area contributed by atoms with Crippen LogP contribution in [0.4, 0.5) is 0 Å². The number of nitrogens with two attached hydrogens (primary N) is 1. The van der Waals surface area contributed by atoms with Crippen LogP contribution >= 0.6 is 24.4 Å². The van der Waals surface area contributed by atoms with Crippen molar-refractivity contribution in [3.63, 3.8) is 0 Å². The summed E-state index contributed by atoms with van der Waals surface area (Å²) >= 11 is 1.40. The SMILES string of the molecule is CCCSN.Cl. The van der Waals surface area contributed by atoms with E-state index in [4.69, 9.17) is 5.14 Å². The molecule has 0 spiro atoms. The molecule has 0 heterocycles. The molecule has 0 aromatic heterocycles. The highest BCUT2D eigenvalue weighted by Crippen LogP contribution is 1.85. The summed E-state index contributed by atoms with van der Waals surface area (Å²) in [6.07, 6.45) is 1.18. The molecule has 0 unspecified atom stereocenters. The zero-order valence-corrected chi connectivity index (χ0v) is 5.44. The smallest absolute Gasteiger partial charge is 0.00738 e. The summed E-state index contributed by atoms with van der Waals surface area (Å²) in [5.74, 6) is 1.08. The molecular formula is C3H10ClNS. The van der Waals surface area contributed by atoms with Gasteiger partial charge in [-0.2, -0.15) is 0 Å². The van der Waals surface area contributed by atoms with Gasteiger partial charge in [-0.1, -0.05) is 18.9 Å². The lowest BCUT2D eigenvalue weighted by Gasteiger charge is -1.80. The average Bonchev–Trinajstić information content (AvgIpc) is 1.41. The van der Waals surface area contributed by atoms with Gasteiger partial charge < -0.3 is 0 Å². The minimum absolute atomic E-state index is 0. The fourth-order valence-corrected chi connectivity index (χ4v) is 0.354. The van der Waals surface area contributed by atoms with Crippen LogP contribution in [0.1, 0.15) is 13.3 Å². The van der Waals surface area contributed by atoms with Gasteiger partial charge in [0.1, 0.15) is 0 Å². The van der Waals surface area contributed by atoms with Crippen molar-refractivity contribution in [2.24, 2.45) is 5.14 Å². The van der Waals surface area contributed by atoms with E-state index in [0.717, 1.165) is 5.75 Å². The molecule has 0 fully saturated rings. The summed E-state index contributed by atoms with van der Waals surface area (Å²) in [5.41, 5.74) is 0. The second-order valence-electron chi connectivity index (χ2n) is 0.871. The predicted molar refractivity (Wildman–Crippen MR) is 34.2 cm³/mol. The Morgan fingerprint density at radius 1 is 1.67 bits per heavy atom. The van der Waals surface area contributed by atoms with E-state index in [2.05, 4.69) is 6.92 Å². The van der Waals surface area contributed by atoms with Gasteiger partial charge in [0.15, 0.2) is 0 Å². The molecule has 0 radical (unpaired) electrons. The van der Waals surface area contributed by atoms with Crippen LogP contribution in [-0.4, -0.2) is 5.75 Å². The second-order valence-corrected chi connectivity index (χ2v) is 1.61. The van der Waals surface area contributed by atoms with Crippen LogP contribution in [0.2, 0.25) is 0 Å². The maximum absolute atomic E-state index is 5.06. The Morgan fingerprint density at radius 3 is 2.17 bits per heavy atom. The van der Waals surface area contributed by atoms with Crippen LogP contribution in [0, 0.1) is 0 Å². The molecular weight excluding hydrogens is 118 g/mol. The van der Waals surface area contributed by atoms with Gasteiger partial charge in [0.05, 0.1) is 0 Å². The first kappa shape index (κ1) is 9.78. The van der Waals surface area contributed by atoms with Crippen molar-refractivity contribution in [3.05, 3.63) is 0 Å². The summed E-state index contributed by atoms with van der Waals surface area (Å²) in [7, 11) is 0. The zero-order valence-electron chi connectivity index (χ0n) is 3.81. The Morgan fingerprint density at radius 2 is 2.17 bits per heavy atom. The topological polar surface area (TPSA) is 26.0 Å². The van der Waals surface area contributed by atoms with Crippen molar-refractivity contribution in [2.75, 3.05) is 5.75 Å². The number of hydrogen-bond donors (Lipinski definition) is 1. The maximum Gasteiger partial charge on any atom is 0.00738 e. The molecule has 6 heavy (non-hydrogen) atoms. The minimum Gasteiger partial charge on any atom is -0.278 e. The zero-order chi connectivity index (χ0) is 4.12. The van der Waals surface area contributed by atoms with Crippen molar-refractivity contribution in [2.45, 2.75) is 13.3 Å². The monoisotopic (exact) mass is 127 g/mol. The van der Waals surface area contributed by atoms with Crippen molar-refractivity contribution >= 4 is 24.4 Å². The number of halogens is 1. The quantitative estimate of drug-likeness (QED) is 0.568. The highest BCUT2D eigenvalue weighted by molar-refractivity contribution is 7.97. The standard InChI is InChI=1S/C3H9NS.ClH/c1-2-3-5-4;/h2-4H2,1H3;1H. The average molecular weight is 128 g/mol. The lowest BCUT2D eigenvalue weighted by atomic mass is 10.6. The van der Waals surface area contributed by atoms with Gasteiger partial charge in [-0.25, -0.2) is 0 Å². The summed E-state index contributed by atoms with van der Waals surface area (Å²) in [5, 5.41) is 5.06. The van der Waals surface area contributed by atoms with Crippen molar-refractivity contribution in [1.82, 2.24) is 0 Å². The van der Waals surface area contributed by atoms with Crippen molar-refractivity contribution in [1.29, 1.82) is 0 Å². The predicted octanol–water partition coefficient (Wildman–Crippen LogP) is 1.43. The van der Waals surface area contributed by atoms with Crippen LogP contribution in [0.3, 0.4) is 0 Å². The molecule has 40 valence electrons. The van der Waals surface area contributed by atoms with Crippen LogP contribution < -0.4 is 5.14 Å². The molecule has 0 amide bonds. The van der Waals surface area contributed by atoms with E-state index in [9.17, 15) is 0 Å². The minimum atomic E-state index is 0. The molecule has 0 aliphatic heterocycles. The van der Waals surface area contributed by atoms with Crippen LogP contribution in [0.25, 0.3) is 0 Å². The first-order valence-corrected chi connectivity index (χ1v) is 2.78. The molecule has 0 saturated heterocycles. The molecule has 0 atom stereocenters. The van der Waals surface area contributed by atoms with Crippen molar-refractivity contribution in [3.8, 4) is 0 Å². The first-order valence-electron chi connectivity index (χ1n) is 1.73. The maximum atomic E-state index is 5.06. The van der Waals surface area contributed by atoms with Gasteiger partial charge in [0.25, 0.3) is 0 Å². The van der Waals surface area contributed by atoms with Gasteiger partial charge in [-0.3, -0.25) is 5.14 Å². The van der Waals surface area contributed by atoms with E-state index in [1.54, 1.807) is 0 Å². The Labute approximate surface area is 49.2 Å². The number of hydrogen-bond acceptors (Lipinski definition) is 2. The summed E-state index contributed by atoms with van der Waals surface area (Å²) in [4.78, 5) is 0. The fourth-order valence-electron chi connectivity index (χ4n) is 0.118. The van der Waals surface area contributed by atoms with E-state index < -0.39 is 0 Å². The highest BCUT2D eigenvalue weighted by Gasteiger charge is 1.68. The van der Waals surface area contributed by atoms with Gasteiger partial charge >= 0.3 is 0 Å². The third kappa shape index (κ3) is 8.82. The Hall–Kier alpha value is 0.600. The normalized spacial score (nSPS) is 7.00. The van der Waals surface area contributed by atoms with E-state index >= 15 is 0 Å². The van der Waals surface area contributed by atoms with Crippen LogP contribution in [0.15, 0.2) is 0 Å². The Kier molecular flexibility index (Phi) is 14.9. The number of rotatable bonds is 2. The third-order valence-corrected chi connectivity index (χ3v) is 0.966. The van der Waals surface area contributed by atoms with E-state index in [-0.39, 0.29) is 12.4 Å². The molecule has 3 heteroatoms. The fraction of sp³-hybridized carbons (Fsp3) is 1.00. The van der Waals surface area contributed by atoms with E-state index in [1.165, 1.54) is 18.4 Å². The molecule has 0 aromatic carbocycles. The molecule has 0 saturated carbocycles. The summed E-state index contributed by atoms with van der Waals surface area (Å²) in [6.45, 7) is 2.11.